The number of aryl methyl sites for hydroxylation is 1. The number of carbonyl (C=O) groups is 1. The van der Waals surface area contributed by atoms with Gasteiger partial charge in [-0.1, -0.05) is 37.7 Å². The van der Waals surface area contributed by atoms with Crippen molar-refractivity contribution in [3.8, 4) is 11.8 Å². The topological polar surface area (TPSA) is 85.6 Å². The zero-order valence-electron chi connectivity index (χ0n) is 20.2. The molecule has 1 amide bonds. The molecule has 0 aromatic heterocycles. The van der Waals surface area contributed by atoms with E-state index in [1.807, 2.05) is 39.0 Å². The highest BCUT2D eigenvalue weighted by Gasteiger charge is 2.30. The Bertz CT molecular complexity index is 1070. The SMILES string of the molecule is C=ICOc1cc(NC(=O)c2ccc(C#N)cc2C)ccc1CN1CCCC[C@H](C(C)(C)O)C1. The molecule has 1 fully saturated rings. The van der Waals surface area contributed by atoms with E-state index in [4.69, 9.17) is 10.00 Å². The van der Waals surface area contributed by atoms with E-state index >= 15 is 0 Å². The van der Waals surface area contributed by atoms with Gasteiger partial charge in [0.2, 0.25) is 0 Å². The van der Waals surface area contributed by atoms with Crippen molar-refractivity contribution in [2.75, 3.05) is 23.0 Å². The van der Waals surface area contributed by atoms with Gasteiger partial charge in [0.1, 0.15) is 10.4 Å². The minimum Gasteiger partial charge on any atom is -0.483 e. The van der Waals surface area contributed by atoms with Crippen LogP contribution in [0.2, 0.25) is 0 Å². The number of anilines is 1. The second-order valence-electron chi connectivity index (χ2n) is 9.44. The Morgan fingerprint density at radius 1 is 1.32 bits per heavy atom. The number of aliphatic hydroxyl groups is 1. The number of ether oxygens (including phenoxy) is 1. The molecule has 1 aliphatic rings. The molecule has 2 N–H and O–H groups in total. The number of nitrogens with zero attached hydrogens (tertiary/aromatic N) is 2. The maximum atomic E-state index is 12.9. The number of alkyl halides is 1. The van der Waals surface area contributed by atoms with Gasteiger partial charge in [0, 0.05) is 36.0 Å². The predicted molar refractivity (Wildman–Crippen MR) is 146 cm³/mol. The van der Waals surface area contributed by atoms with Crippen LogP contribution >= 0.6 is 20.7 Å². The largest absolute Gasteiger partial charge is 0.483 e. The zero-order chi connectivity index (χ0) is 24.7. The molecule has 1 saturated heterocycles. The summed E-state index contributed by atoms with van der Waals surface area (Å²) in [7, 11) is 0. The summed E-state index contributed by atoms with van der Waals surface area (Å²) in [5.74, 6) is 0.784. The lowest BCUT2D eigenvalue weighted by Gasteiger charge is -2.32. The second kappa shape index (κ2) is 11.9. The number of amides is 1. The Hall–Kier alpha value is -2.28. The van der Waals surface area contributed by atoms with Gasteiger partial charge in [-0.15, -0.1) is 0 Å². The number of hydrogen-bond acceptors (Lipinski definition) is 5. The average Bonchev–Trinajstić information content (AvgIpc) is 3.04. The van der Waals surface area contributed by atoms with Gasteiger partial charge < -0.3 is 15.2 Å². The molecule has 3 rings (SSSR count). The first-order valence-electron chi connectivity index (χ1n) is 11.6. The Morgan fingerprint density at radius 2 is 2.12 bits per heavy atom. The molecule has 182 valence electrons. The Morgan fingerprint density at radius 3 is 2.79 bits per heavy atom. The van der Waals surface area contributed by atoms with Gasteiger partial charge in [-0.05, 0) is 75.9 Å². The van der Waals surface area contributed by atoms with Gasteiger partial charge >= 0.3 is 0 Å². The molecule has 0 aliphatic carbocycles. The van der Waals surface area contributed by atoms with E-state index in [1.165, 1.54) is 0 Å². The highest BCUT2D eigenvalue weighted by atomic mass is 127. The Labute approximate surface area is 212 Å². The molecular weight excluding hydrogens is 541 g/mol. The van der Waals surface area contributed by atoms with E-state index < -0.39 is 5.60 Å². The molecule has 1 heterocycles. The number of nitrogens with one attached hydrogen (secondary N) is 1. The minimum atomic E-state index is -0.696. The molecule has 0 saturated carbocycles. The number of hydrogen-bond donors (Lipinski definition) is 2. The first-order chi connectivity index (χ1) is 16.2. The maximum absolute atomic E-state index is 12.9. The molecule has 34 heavy (non-hydrogen) atoms. The normalized spacial score (nSPS) is 17.0. The third-order valence-corrected chi connectivity index (χ3v) is 7.11. The zero-order valence-corrected chi connectivity index (χ0v) is 22.4. The predicted octanol–water partition coefficient (Wildman–Crippen LogP) is 5.23. The summed E-state index contributed by atoms with van der Waals surface area (Å²) >= 11 is -0.285. The van der Waals surface area contributed by atoms with Crippen molar-refractivity contribution in [1.82, 2.24) is 4.90 Å². The summed E-state index contributed by atoms with van der Waals surface area (Å²) in [6.45, 7) is 8.21. The van der Waals surface area contributed by atoms with E-state index in [0.29, 0.717) is 21.4 Å². The molecule has 0 bridgehead atoms. The summed E-state index contributed by atoms with van der Waals surface area (Å²) in [5, 5.41) is 22.6. The smallest absolute Gasteiger partial charge is 0.255 e. The Balaban J connectivity index is 1.78. The number of benzene rings is 2. The van der Waals surface area contributed by atoms with Gasteiger partial charge in [-0.3, -0.25) is 9.69 Å². The van der Waals surface area contributed by atoms with Crippen molar-refractivity contribution in [1.29, 1.82) is 5.26 Å². The van der Waals surface area contributed by atoms with Crippen molar-refractivity contribution < 1.29 is 14.6 Å². The number of halogens is 1. The lowest BCUT2D eigenvalue weighted by Crippen LogP contribution is -2.39. The van der Waals surface area contributed by atoms with E-state index in [0.717, 1.165) is 55.8 Å². The molecule has 2 aromatic rings. The summed E-state index contributed by atoms with van der Waals surface area (Å²) in [6, 6.07) is 13.0. The van der Waals surface area contributed by atoms with Crippen molar-refractivity contribution in [2.45, 2.75) is 52.2 Å². The van der Waals surface area contributed by atoms with Crippen LogP contribution < -0.4 is 10.1 Å². The van der Waals surface area contributed by atoms with E-state index in [1.54, 1.807) is 18.2 Å². The number of nitriles is 1. The molecule has 6 nitrogen and oxygen atoms in total. The minimum absolute atomic E-state index is 0.217. The molecular formula is C27H34IN3O3. The lowest BCUT2D eigenvalue weighted by molar-refractivity contribution is 0.00106. The Kier molecular flexibility index (Phi) is 9.23. The molecule has 1 aliphatic heterocycles. The van der Waals surface area contributed by atoms with Crippen LogP contribution in [0.3, 0.4) is 0 Å². The molecule has 0 unspecified atom stereocenters. The maximum Gasteiger partial charge on any atom is 0.255 e. The fourth-order valence-electron chi connectivity index (χ4n) is 4.36. The molecule has 2 aromatic carbocycles. The van der Waals surface area contributed by atoms with Gasteiger partial charge in [-0.2, -0.15) is 5.26 Å². The van der Waals surface area contributed by atoms with Crippen LogP contribution in [0, 0.1) is 24.2 Å². The summed E-state index contributed by atoms with van der Waals surface area (Å²) in [6.07, 6.45) is 3.28. The van der Waals surface area contributed by atoms with Gasteiger partial charge in [0.25, 0.3) is 5.91 Å². The van der Waals surface area contributed by atoms with Crippen molar-refractivity contribution in [3.63, 3.8) is 0 Å². The van der Waals surface area contributed by atoms with Crippen LogP contribution in [0.5, 0.6) is 5.75 Å². The molecule has 0 spiro atoms. The molecule has 7 heteroatoms. The van der Waals surface area contributed by atoms with E-state index in [9.17, 15) is 9.90 Å². The van der Waals surface area contributed by atoms with Crippen LogP contribution in [0.15, 0.2) is 36.4 Å². The third kappa shape index (κ3) is 7.11. The number of carbonyl (C=O) groups excluding carboxylic acids is 1. The number of likely N-dealkylation sites (tertiary alicyclic amines) is 1. The van der Waals surface area contributed by atoms with Crippen LogP contribution in [-0.4, -0.2) is 43.7 Å². The van der Waals surface area contributed by atoms with Crippen LogP contribution in [-0.2, 0) is 6.54 Å². The fraction of sp³-hybridized carbons (Fsp3) is 0.444. The van der Waals surface area contributed by atoms with Crippen LogP contribution in [0.4, 0.5) is 5.69 Å². The van der Waals surface area contributed by atoms with Gasteiger partial charge in [0.05, 0.1) is 17.2 Å². The molecule has 1 atom stereocenters. The summed E-state index contributed by atoms with van der Waals surface area (Å²) in [5.41, 5.74) is 2.87. The first-order valence-corrected chi connectivity index (χ1v) is 14.6. The standard InChI is InChI=1S/C27H34IN3O3/c1-19-13-20(15-29)8-11-24(19)26(32)30-23-10-9-21(25(14-23)34-18-28-4)16-31-12-6-5-7-22(17-31)27(2,3)33/h8-11,13-14,22,33H,4-7,12,16-18H2,1-3H3,(H,30,32)/t22-/m0/s1. The lowest BCUT2D eigenvalue weighted by atomic mass is 9.87. The monoisotopic (exact) mass is 575 g/mol. The average molecular weight is 575 g/mol. The third-order valence-electron chi connectivity index (χ3n) is 6.36. The van der Waals surface area contributed by atoms with Crippen molar-refractivity contribution in [3.05, 3.63) is 58.7 Å². The quantitative estimate of drug-likeness (QED) is 0.333. The van der Waals surface area contributed by atoms with E-state index in [-0.39, 0.29) is 32.6 Å². The fourth-order valence-corrected chi connectivity index (χ4v) is 4.92. The van der Waals surface area contributed by atoms with Crippen molar-refractivity contribution >= 4 is 36.8 Å². The first kappa shape index (κ1) is 26.3. The summed E-state index contributed by atoms with van der Waals surface area (Å²) in [4.78, 5) is 15.3. The van der Waals surface area contributed by atoms with Gasteiger partial charge in [-0.25, -0.2) is 0 Å². The van der Waals surface area contributed by atoms with Crippen molar-refractivity contribution in [2.24, 2.45) is 5.92 Å². The number of rotatable bonds is 8. The summed E-state index contributed by atoms with van der Waals surface area (Å²) < 4.78 is 10.6. The van der Waals surface area contributed by atoms with Gasteiger partial charge in [0.15, 0.2) is 0 Å². The van der Waals surface area contributed by atoms with E-state index in [2.05, 4.69) is 20.8 Å². The van der Waals surface area contributed by atoms with Crippen LogP contribution in [0.25, 0.3) is 0 Å². The highest BCUT2D eigenvalue weighted by molar-refractivity contribution is 14.2. The highest BCUT2D eigenvalue weighted by Crippen LogP contribution is 2.30. The second-order valence-corrected chi connectivity index (χ2v) is 11.1. The molecule has 0 radical (unpaired) electrons. The van der Waals surface area contributed by atoms with Crippen LogP contribution in [0.1, 0.15) is 60.2 Å².